The van der Waals surface area contributed by atoms with Crippen LogP contribution in [0.15, 0.2) is 29.2 Å². The van der Waals surface area contributed by atoms with Crippen LogP contribution < -0.4 is 10.1 Å². The highest BCUT2D eigenvalue weighted by molar-refractivity contribution is 7.89. The molecule has 1 saturated heterocycles. The number of rotatable bonds is 3. The van der Waals surface area contributed by atoms with E-state index in [0.717, 1.165) is 0 Å². The van der Waals surface area contributed by atoms with Crippen LogP contribution >= 0.6 is 0 Å². The Morgan fingerprint density at radius 2 is 1.96 bits per heavy atom. The van der Waals surface area contributed by atoms with Crippen molar-refractivity contribution in [2.45, 2.75) is 50.7 Å². The van der Waals surface area contributed by atoms with E-state index in [-0.39, 0.29) is 23.1 Å². The zero-order chi connectivity index (χ0) is 19.6. The number of urea groups is 1. The molecule has 1 aromatic carbocycles. The van der Waals surface area contributed by atoms with Gasteiger partial charge in [-0.1, -0.05) is 32.9 Å². The third kappa shape index (κ3) is 4.06. The molecule has 2 heterocycles. The van der Waals surface area contributed by atoms with Crippen LogP contribution in [0, 0.1) is 5.92 Å². The molecule has 1 aromatic rings. The van der Waals surface area contributed by atoms with Gasteiger partial charge in [0.1, 0.15) is 16.7 Å². The van der Waals surface area contributed by atoms with E-state index in [1.54, 1.807) is 33.5 Å². The minimum absolute atomic E-state index is 0.0912. The Morgan fingerprint density at radius 1 is 1.26 bits per heavy atom. The Kier molecular flexibility index (Phi) is 5.95. The lowest BCUT2D eigenvalue weighted by Gasteiger charge is -2.30. The fourth-order valence-electron chi connectivity index (χ4n) is 3.77. The van der Waals surface area contributed by atoms with Crippen LogP contribution in [0.3, 0.4) is 0 Å². The normalized spacial score (nSPS) is 25.0. The van der Waals surface area contributed by atoms with Crippen molar-refractivity contribution in [2.75, 3.05) is 26.2 Å². The van der Waals surface area contributed by atoms with Gasteiger partial charge in [-0.2, -0.15) is 4.31 Å². The summed E-state index contributed by atoms with van der Waals surface area (Å²) in [6, 6.07) is 6.44. The molecular formula is C19H29N3O4S. The van der Waals surface area contributed by atoms with Crippen LogP contribution in [0.2, 0.25) is 0 Å². The maximum absolute atomic E-state index is 13.2. The van der Waals surface area contributed by atoms with Crippen molar-refractivity contribution < 1.29 is 17.9 Å². The number of ether oxygens (including phenoxy) is 1. The second-order valence-electron chi connectivity index (χ2n) is 7.52. The van der Waals surface area contributed by atoms with Crippen LogP contribution in [-0.2, 0) is 10.0 Å². The van der Waals surface area contributed by atoms with E-state index in [9.17, 15) is 13.2 Å². The molecule has 2 atom stereocenters. The molecule has 0 aromatic heterocycles. The molecule has 3 rings (SSSR count). The molecule has 2 aliphatic rings. The van der Waals surface area contributed by atoms with Crippen molar-refractivity contribution in [1.29, 1.82) is 0 Å². The SMILES string of the molecule is CCN1[C@@H]2CCN(C(=O)NCC(C)C)CC[C@H]2Oc2ccccc2S1(=O)=O. The first-order chi connectivity index (χ1) is 12.8. The topological polar surface area (TPSA) is 79.0 Å². The molecular weight excluding hydrogens is 366 g/mol. The molecule has 0 unspecified atom stereocenters. The molecule has 0 saturated carbocycles. The molecule has 2 aliphatic heterocycles. The van der Waals surface area contributed by atoms with Crippen molar-refractivity contribution in [2.24, 2.45) is 5.92 Å². The monoisotopic (exact) mass is 395 g/mol. The van der Waals surface area contributed by atoms with Crippen LogP contribution in [-0.4, -0.2) is 62.0 Å². The number of amides is 2. The average molecular weight is 396 g/mol. The molecule has 0 bridgehead atoms. The number of likely N-dealkylation sites (N-methyl/N-ethyl adjacent to an activating group) is 1. The molecule has 1 N–H and O–H groups in total. The van der Waals surface area contributed by atoms with Crippen LogP contribution in [0.1, 0.15) is 33.6 Å². The molecule has 1 fully saturated rings. The number of hydrogen-bond donors (Lipinski definition) is 1. The molecule has 0 spiro atoms. The molecule has 150 valence electrons. The number of sulfonamides is 1. The Labute approximate surface area is 161 Å². The Bertz CT molecular complexity index is 781. The summed E-state index contributed by atoms with van der Waals surface area (Å²) in [5, 5.41) is 2.94. The number of para-hydroxylation sites is 1. The Morgan fingerprint density at radius 3 is 2.67 bits per heavy atom. The number of fused-ring (bicyclic) bond motifs is 2. The fourth-order valence-corrected chi connectivity index (χ4v) is 5.58. The standard InChI is InChI=1S/C19H29N3O4S/c1-4-22-15-9-11-21(19(23)20-13-14(2)3)12-10-16(15)26-17-7-5-6-8-18(17)27(22,24)25/h5-8,14-16H,4,9-13H2,1-3H3,(H,20,23)/t15-,16-/m1/s1. The van der Waals surface area contributed by atoms with Gasteiger partial charge in [-0.25, -0.2) is 13.2 Å². The van der Waals surface area contributed by atoms with Crippen molar-refractivity contribution in [3.63, 3.8) is 0 Å². The van der Waals surface area contributed by atoms with Gasteiger partial charge in [0.2, 0.25) is 10.0 Å². The second-order valence-corrected chi connectivity index (χ2v) is 9.38. The predicted molar refractivity (Wildman–Crippen MR) is 103 cm³/mol. The third-order valence-corrected chi connectivity index (χ3v) is 7.19. The lowest BCUT2D eigenvalue weighted by atomic mass is 10.1. The van der Waals surface area contributed by atoms with Crippen molar-refractivity contribution >= 4 is 16.1 Å². The van der Waals surface area contributed by atoms with Crippen molar-refractivity contribution in [3.8, 4) is 5.75 Å². The number of nitrogens with one attached hydrogen (secondary N) is 1. The Hall–Kier alpha value is -1.80. The van der Waals surface area contributed by atoms with Crippen LogP contribution in [0.4, 0.5) is 4.79 Å². The van der Waals surface area contributed by atoms with E-state index in [2.05, 4.69) is 19.2 Å². The molecule has 7 nitrogen and oxygen atoms in total. The first-order valence-corrected chi connectivity index (χ1v) is 11.1. The largest absolute Gasteiger partial charge is 0.487 e. The zero-order valence-electron chi connectivity index (χ0n) is 16.2. The molecule has 0 radical (unpaired) electrons. The van der Waals surface area contributed by atoms with E-state index in [1.807, 2.05) is 6.92 Å². The van der Waals surface area contributed by atoms with Gasteiger partial charge in [0.15, 0.2) is 0 Å². The summed E-state index contributed by atoms with van der Waals surface area (Å²) in [6.45, 7) is 8.01. The molecule has 0 aliphatic carbocycles. The number of carbonyl (C=O) groups is 1. The summed E-state index contributed by atoms with van der Waals surface area (Å²) in [5.41, 5.74) is 0. The average Bonchev–Trinajstić information content (AvgIpc) is 2.87. The number of hydrogen-bond acceptors (Lipinski definition) is 4. The third-order valence-electron chi connectivity index (χ3n) is 5.15. The van der Waals surface area contributed by atoms with E-state index >= 15 is 0 Å². The molecule has 2 amide bonds. The lowest BCUT2D eigenvalue weighted by Crippen LogP contribution is -2.47. The zero-order valence-corrected chi connectivity index (χ0v) is 17.0. The first kappa shape index (κ1) is 19.9. The van der Waals surface area contributed by atoms with Gasteiger partial charge in [-0.05, 0) is 24.5 Å². The van der Waals surface area contributed by atoms with Gasteiger partial charge in [0, 0.05) is 32.6 Å². The van der Waals surface area contributed by atoms with Gasteiger partial charge in [-0.3, -0.25) is 0 Å². The van der Waals surface area contributed by atoms with E-state index < -0.39 is 10.0 Å². The van der Waals surface area contributed by atoms with Crippen molar-refractivity contribution in [1.82, 2.24) is 14.5 Å². The number of nitrogens with zero attached hydrogens (tertiary/aromatic N) is 2. The molecule has 27 heavy (non-hydrogen) atoms. The van der Waals surface area contributed by atoms with E-state index in [4.69, 9.17) is 4.74 Å². The summed E-state index contributed by atoms with van der Waals surface area (Å²) in [5.74, 6) is 0.786. The first-order valence-electron chi connectivity index (χ1n) is 9.65. The smallest absolute Gasteiger partial charge is 0.317 e. The Balaban J connectivity index is 1.84. The summed E-state index contributed by atoms with van der Waals surface area (Å²) >= 11 is 0. The minimum Gasteiger partial charge on any atom is -0.487 e. The molecule has 8 heteroatoms. The summed E-state index contributed by atoms with van der Waals surface area (Å²) in [7, 11) is -3.63. The van der Waals surface area contributed by atoms with E-state index in [0.29, 0.717) is 50.7 Å². The summed E-state index contributed by atoms with van der Waals surface area (Å²) in [4.78, 5) is 14.4. The number of benzene rings is 1. The highest BCUT2D eigenvalue weighted by atomic mass is 32.2. The number of likely N-dealkylation sites (tertiary alicyclic amines) is 1. The maximum Gasteiger partial charge on any atom is 0.317 e. The lowest BCUT2D eigenvalue weighted by molar-refractivity contribution is 0.115. The van der Waals surface area contributed by atoms with E-state index in [1.165, 1.54) is 0 Å². The summed E-state index contributed by atoms with van der Waals surface area (Å²) in [6.07, 6.45) is 0.882. The highest BCUT2D eigenvalue weighted by Crippen LogP contribution is 2.36. The van der Waals surface area contributed by atoms with Gasteiger partial charge in [0.25, 0.3) is 0 Å². The van der Waals surface area contributed by atoms with Gasteiger partial charge >= 0.3 is 6.03 Å². The summed E-state index contributed by atoms with van der Waals surface area (Å²) < 4.78 is 34.0. The highest BCUT2D eigenvalue weighted by Gasteiger charge is 2.42. The van der Waals surface area contributed by atoms with Crippen molar-refractivity contribution in [3.05, 3.63) is 24.3 Å². The second kappa shape index (κ2) is 8.06. The predicted octanol–water partition coefficient (Wildman–Crippen LogP) is 2.29. The maximum atomic E-state index is 13.2. The quantitative estimate of drug-likeness (QED) is 0.852. The van der Waals surface area contributed by atoms with Crippen LogP contribution in [0.25, 0.3) is 0 Å². The van der Waals surface area contributed by atoms with Gasteiger partial charge in [-0.15, -0.1) is 0 Å². The minimum atomic E-state index is -3.63. The fraction of sp³-hybridized carbons (Fsp3) is 0.632. The van der Waals surface area contributed by atoms with Crippen LogP contribution in [0.5, 0.6) is 5.75 Å². The van der Waals surface area contributed by atoms with Gasteiger partial charge < -0.3 is 15.0 Å². The van der Waals surface area contributed by atoms with Gasteiger partial charge in [0.05, 0.1) is 6.04 Å². The number of carbonyl (C=O) groups excluding carboxylic acids is 1.